The molecule has 1 aliphatic rings. The van der Waals surface area contributed by atoms with Gasteiger partial charge in [-0.05, 0) is 12.1 Å². The third-order valence-corrected chi connectivity index (χ3v) is 3.50. The number of carbonyl (C=O) groups is 1. The average molecular weight is 273 g/mol. The number of imidazole rings is 1. The van der Waals surface area contributed by atoms with Gasteiger partial charge in [-0.1, -0.05) is 12.1 Å². The summed E-state index contributed by atoms with van der Waals surface area (Å²) in [7, 11) is 0. The van der Waals surface area contributed by atoms with Crippen LogP contribution in [0.1, 0.15) is 12.7 Å². The molecule has 1 aliphatic heterocycles. The minimum atomic E-state index is -0.00395. The van der Waals surface area contributed by atoms with Crippen molar-refractivity contribution in [2.45, 2.75) is 13.5 Å². The lowest BCUT2D eigenvalue weighted by Gasteiger charge is -2.33. The fourth-order valence-electron chi connectivity index (χ4n) is 2.53. The first-order chi connectivity index (χ1) is 9.70. The summed E-state index contributed by atoms with van der Waals surface area (Å²) in [6, 6.07) is 8.07. The zero-order valence-electron chi connectivity index (χ0n) is 11.6. The van der Waals surface area contributed by atoms with E-state index in [9.17, 15) is 4.79 Å². The second kappa shape index (κ2) is 5.60. The van der Waals surface area contributed by atoms with Crippen LogP contribution in [0.3, 0.4) is 0 Å². The fourth-order valence-corrected chi connectivity index (χ4v) is 2.53. The van der Waals surface area contributed by atoms with Crippen LogP contribution in [0.2, 0.25) is 0 Å². The number of amides is 1. The number of H-pyrrole nitrogens is 1. The fraction of sp³-hybridized carbons (Fsp3) is 0.429. The molecule has 0 bridgehead atoms. The first-order valence-electron chi connectivity index (χ1n) is 6.89. The molecule has 0 radical (unpaired) electrons. The molecular weight excluding hydrogens is 254 g/mol. The number of rotatable bonds is 3. The number of carbonyl (C=O) groups excluding carboxylic acids is 1. The van der Waals surface area contributed by atoms with Crippen molar-refractivity contribution < 1.29 is 4.79 Å². The van der Waals surface area contributed by atoms with Gasteiger partial charge in [0.25, 0.3) is 0 Å². The van der Waals surface area contributed by atoms with Gasteiger partial charge in [-0.3, -0.25) is 15.1 Å². The molecular formula is C14H19N5O. The van der Waals surface area contributed by atoms with Gasteiger partial charge < -0.3 is 4.98 Å². The smallest absolute Gasteiger partial charge is 0.231 e. The molecule has 0 spiro atoms. The third kappa shape index (κ3) is 2.97. The number of nitrogens with zero attached hydrogens (tertiary/aromatic N) is 3. The van der Waals surface area contributed by atoms with Gasteiger partial charge in [-0.25, -0.2) is 9.99 Å². The van der Waals surface area contributed by atoms with E-state index in [0.29, 0.717) is 0 Å². The number of aromatic amines is 1. The Morgan fingerprint density at radius 1 is 1.30 bits per heavy atom. The van der Waals surface area contributed by atoms with Crippen molar-refractivity contribution in [2.75, 3.05) is 26.2 Å². The first-order valence-corrected chi connectivity index (χ1v) is 6.89. The lowest BCUT2D eigenvalue weighted by Crippen LogP contribution is -2.52. The lowest BCUT2D eigenvalue weighted by atomic mass is 10.3. The molecule has 2 heterocycles. The normalized spacial score (nSPS) is 17.4. The highest BCUT2D eigenvalue weighted by atomic mass is 16.2. The minimum absolute atomic E-state index is 0.00395. The van der Waals surface area contributed by atoms with Gasteiger partial charge in [-0.15, -0.1) is 0 Å². The molecule has 20 heavy (non-hydrogen) atoms. The number of hydrogen-bond donors (Lipinski definition) is 2. The zero-order valence-corrected chi connectivity index (χ0v) is 11.6. The molecule has 0 atom stereocenters. The summed E-state index contributed by atoms with van der Waals surface area (Å²) in [5.74, 6) is 0.995. The van der Waals surface area contributed by atoms with Gasteiger partial charge in [0.2, 0.25) is 5.91 Å². The van der Waals surface area contributed by atoms with Crippen LogP contribution in [0.5, 0.6) is 0 Å². The maximum absolute atomic E-state index is 11.0. The van der Waals surface area contributed by atoms with Gasteiger partial charge in [0.15, 0.2) is 0 Å². The molecule has 3 rings (SSSR count). The number of piperazine rings is 1. The predicted octanol–water partition coefficient (Wildman–Crippen LogP) is 0.732. The Morgan fingerprint density at radius 2 is 2.05 bits per heavy atom. The minimum Gasteiger partial charge on any atom is -0.341 e. The average Bonchev–Trinajstić information content (AvgIpc) is 2.82. The summed E-state index contributed by atoms with van der Waals surface area (Å²) in [5, 5.41) is 1.97. The molecule has 6 nitrogen and oxygen atoms in total. The van der Waals surface area contributed by atoms with Crippen LogP contribution >= 0.6 is 0 Å². The van der Waals surface area contributed by atoms with Crippen molar-refractivity contribution >= 4 is 16.9 Å². The number of benzene rings is 1. The van der Waals surface area contributed by atoms with E-state index in [1.54, 1.807) is 6.92 Å². The maximum Gasteiger partial charge on any atom is 0.231 e. The van der Waals surface area contributed by atoms with Gasteiger partial charge in [0.05, 0.1) is 17.6 Å². The van der Waals surface area contributed by atoms with Crippen LogP contribution in [0.25, 0.3) is 11.0 Å². The van der Waals surface area contributed by atoms with Crippen LogP contribution in [-0.4, -0.2) is 52.0 Å². The molecule has 2 aromatic rings. The Hall–Kier alpha value is -1.92. The second-order valence-electron chi connectivity index (χ2n) is 5.13. The number of hydrazine groups is 1. The van der Waals surface area contributed by atoms with Gasteiger partial charge in [0, 0.05) is 33.1 Å². The van der Waals surface area contributed by atoms with Crippen molar-refractivity contribution in [1.29, 1.82) is 0 Å². The molecule has 2 N–H and O–H groups in total. The van der Waals surface area contributed by atoms with E-state index in [0.717, 1.165) is 49.6 Å². The van der Waals surface area contributed by atoms with E-state index in [2.05, 4.69) is 20.3 Å². The molecule has 1 saturated heterocycles. The topological polar surface area (TPSA) is 64.3 Å². The third-order valence-electron chi connectivity index (χ3n) is 3.50. The summed E-state index contributed by atoms with van der Waals surface area (Å²) < 4.78 is 0. The van der Waals surface area contributed by atoms with E-state index in [4.69, 9.17) is 0 Å². The second-order valence-corrected chi connectivity index (χ2v) is 5.13. The monoisotopic (exact) mass is 273 g/mol. The van der Waals surface area contributed by atoms with Crippen LogP contribution in [0.15, 0.2) is 24.3 Å². The Labute approximate surface area is 117 Å². The quantitative estimate of drug-likeness (QED) is 0.865. The summed E-state index contributed by atoms with van der Waals surface area (Å²) in [4.78, 5) is 21.3. The van der Waals surface area contributed by atoms with Gasteiger partial charge in [0.1, 0.15) is 5.82 Å². The maximum atomic E-state index is 11.0. The number of fused-ring (bicyclic) bond motifs is 1. The summed E-state index contributed by atoms with van der Waals surface area (Å²) in [5.41, 5.74) is 4.93. The molecule has 0 aliphatic carbocycles. The highest BCUT2D eigenvalue weighted by Crippen LogP contribution is 2.12. The van der Waals surface area contributed by atoms with Crippen LogP contribution in [0, 0.1) is 0 Å². The van der Waals surface area contributed by atoms with E-state index in [-0.39, 0.29) is 5.91 Å². The van der Waals surface area contributed by atoms with Crippen molar-refractivity contribution in [2.24, 2.45) is 0 Å². The largest absolute Gasteiger partial charge is 0.341 e. The highest BCUT2D eigenvalue weighted by Gasteiger charge is 2.18. The molecule has 1 amide bonds. The van der Waals surface area contributed by atoms with Gasteiger partial charge in [-0.2, -0.15) is 0 Å². The van der Waals surface area contributed by atoms with Crippen molar-refractivity contribution in [1.82, 2.24) is 25.3 Å². The van der Waals surface area contributed by atoms with Crippen molar-refractivity contribution in [3.05, 3.63) is 30.1 Å². The molecule has 106 valence electrons. The first kappa shape index (κ1) is 13.1. The van der Waals surface area contributed by atoms with Crippen LogP contribution in [0.4, 0.5) is 0 Å². The lowest BCUT2D eigenvalue weighted by molar-refractivity contribution is -0.124. The number of para-hydroxylation sites is 2. The Morgan fingerprint density at radius 3 is 2.75 bits per heavy atom. The summed E-state index contributed by atoms with van der Waals surface area (Å²) >= 11 is 0. The summed E-state index contributed by atoms with van der Waals surface area (Å²) in [6.07, 6.45) is 0. The molecule has 6 heteroatoms. The van der Waals surface area contributed by atoms with Crippen LogP contribution < -0.4 is 5.43 Å². The van der Waals surface area contributed by atoms with Gasteiger partial charge >= 0.3 is 0 Å². The highest BCUT2D eigenvalue weighted by molar-refractivity contribution is 5.74. The SMILES string of the molecule is CC(=O)NN1CCN(Cc2nc3ccccc3[nH]2)CC1. The van der Waals surface area contributed by atoms with Crippen molar-refractivity contribution in [3.63, 3.8) is 0 Å². The molecule has 1 aromatic heterocycles. The Bertz CT molecular complexity index is 567. The molecule has 1 aromatic carbocycles. The number of aromatic nitrogens is 2. The van der Waals surface area contributed by atoms with E-state index in [1.165, 1.54) is 0 Å². The van der Waals surface area contributed by atoms with Crippen molar-refractivity contribution in [3.8, 4) is 0 Å². The molecule has 0 unspecified atom stereocenters. The van der Waals surface area contributed by atoms with E-state index < -0.39 is 0 Å². The summed E-state index contributed by atoms with van der Waals surface area (Å²) in [6.45, 7) is 5.91. The molecule has 0 saturated carbocycles. The predicted molar refractivity (Wildman–Crippen MR) is 76.8 cm³/mol. The number of nitrogens with one attached hydrogen (secondary N) is 2. The zero-order chi connectivity index (χ0) is 13.9. The van der Waals surface area contributed by atoms with E-state index in [1.807, 2.05) is 29.3 Å². The van der Waals surface area contributed by atoms with Crippen LogP contribution in [-0.2, 0) is 11.3 Å². The Balaban J connectivity index is 1.58. The van der Waals surface area contributed by atoms with E-state index >= 15 is 0 Å². The Kier molecular flexibility index (Phi) is 3.66. The molecule has 1 fully saturated rings. The number of hydrogen-bond acceptors (Lipinski definition) is 4. The standard InChI is InChI=1S/C14H19N5O/c1-11(20)17-19-8-6-18(7-9-19)10-14-15-12-4-2-3-5-13(12)16-14/h2-5H,6-10H2,1H3,(H,15,16)(H,17,20).